The number of rotatable bonds is 5. The highest BCUT2D eigenvalue weighted by molar-refractivity contribution is 7.89. The van der Waals surface area contributed by atoms with E-state index in [1.807, 2.05) is 0 Å². The van der Waals surface area contributed by atoms with E-state index < -0.39 is 10.0 Å². The van der Waals surface area contributed by atoms with Gasteiger partial charge in [-0.3, -0.25) is 4.79 Å². The van der Waals surface area contributed by atoms with E-state index in [9.17, 15) is 13.2 Å². The van der Waals surface area contributed by atoms with Crippen LogP contribution >= 0.6 is 0 Å². The number of anilines is 1. The second-order valence-electron chi connectivity index (χ2n) is 4.63. The zero-order valence-corrected chi connectivity index (χ0v) is 12.2. The Balaban J connectivity index is 2.36. The third-order valence-electron chi connectivity index (χ3n) is 3.26. The summed E-state index contributed by atoms with van der Waals surface area (Å²) in [4.78, 5) is 13.8. The third-order valence-corrected chi connectivity index (χ3v) is 4.80. The Morgan fingerprint density at radius 1 is 1.45 bits per heavy atom. The first-order valence-corrected chi connectivity index (χ1v) is 8.11. The number of carbonyl (C=O) groups excluding carboxylic acids is 1. The molecule has 1 aromatic rings. The van der Waals surface area contributed by atoms with Gasteiger partial charge in [0, 0.05) is 31.7 Å². The molecule has 0 spiro atoms. The largest absolute Gasteiger partial charge is 0.330 e. The summed E-state index contributed by atoms with van der Waals surface area (Å²) in [5.74, 6) is -0.0655. The Bertz CT molecular complexity index is 613. The topological polar surface area (TPSA) is 92.5 Å². The molecule has 0 saturated carbocycles. The summed E-state index contributed by atoms with van der Waals surface area (Å²) >= 11 is 0. The molecule has 1 aliphatic heterocycles. The number of sulfonamides is 1. The number of amides is 1. The Morgan fingerprint density at radius 3 is 2.85 bits per heavy atom. The zero-order valence-electron chi connectivity index (χ0n) is 11.4. The number of nitrogens with zero attached hydrogens (tertiary/aromatic N) is 1. The van der Waals surface area contributed by atoms with Crippen LogP contribution in [0.3, 0.4) is 0 Å². The number of hydrogen-bond donors (Lipinski definition) is 2. The molecule has 0 aromatic heterocycles. The minimum atomic E-state index is -3.51. The zero-order chi connectivity index (χ0) is 14.8. The fourth-order valence-electron chi connectivity index (χ4n) is 2.32. The van der Waals surface area contributed by atoms with Crippen molar-refractivity contribution in [2.24, 2.45) is 5.73 Å². The molecule has 0 unspecified atom stereocenters. The van der Waals surface area contributed by atoms with Crippen molar-refractivity contribution in [2.45, 2.75) is 24.7 Å². The molecule has 1 aromatic carbocycles. The molecular formula is C13H19N3O3S. The Hall–Kier alpha value is -1.44. The summed E-state index contributed by atoms with van der Waals surface area (Å²) in [6, 6.07) is 4.91. The summed E-state index contributed by atoms with van der Waals surface area (Å²) in [6.07, 6.45) is 1.01. The van der Waals surface area contributed by atoms with Gasteiger partial charge >= 0.3 is 0 Å². The average Bonchev–Trinajstić information content (AvgIpc) is 2.81. The molecule has 0 atom stereocenters. The van der Waals surface area contributed by atoms with Gasteiger partial charge in [-0.1, -0.05) is 13.0 Å². The van der Waals surface area contributed by atoms with Crippen molar-refractivity contribution in [3.8, 4) is 0 Å². The highest BCUT2D eigenvalue weighted by Crippen LogP contribution is 2.30. The van der Waals surface area contributed by atoms with Crippen LogP contribution in [0.4, 0.5) is 5.69 Å². The van der Waals surface area contributed by atoms with Crippen LogP contribution in [0.15, 0.2) is 23.1 Å². The lowest BCUT2D eigenvalue weighted by Crippen LogP contribution is -2.30. The number of nitrogens with one attached hydrogen (secondary N) is 1. The number of fused-ring (bicyclic) bond motifs is 1. The number of nitrogens with two attached hydrogens (primary N) is 1. The summed E-state index contributed by atoms with van der Waals surface area (Å²) in [7, 11) is -3.51. The molecule has 0 radical (unpaired) electrons. The number of benzene rings is 1. The van der Waals surface area contributed by atoms with Crippen molar-refractivity contribution in [1.82, 2.24) is 4.72 Å². The van der Waals surface area contributed by atoms with Gasteiger partial charge in [0.15, 0.2) is 0 Å². The van der Waals surface area contributed by atoms with Crippen molar-refractivity contribution < 1.29 is 13.2 Å². The van der Waals surface area contributed by atoms with Gasteiger partial charge in [0.1, 0.15) is 0 Å². The molecule has 3 N–H and O–H groups in total. The summed E-state index contributed by atoms with van der Waals surface area (Å²) in [6.45, 7) is 2.93. The van der Waals surface area contributed by atoms with Crippen molar-refractivity contribution in [3.05, 3.63) is 23.8 Å². The van der Waals surface area contributed by atoms with Crippen molar-refractivity contribution in [2.75, 3.05) is 24.5 Å². The maximum Gasteiger partial charge on any atom is 0.240 e. The monoisotopic (exact) mass is 297 g/mol. The predicted octanol–water partition coefficient (Wildman–Crippen LogP) is 0.223. The van der Waals surface area contributed by atoms with E-state index in [2.05, 4.69) is 4.72 Å². The summed E-state index contributed by atoms with van der Waals surface area (Å²) in [5, 5.41) is 0. The number of carbonyl (C=O) groups is 1. The minimum absolute atomic E-state index is 0.0655. The first kappa shape index (κ1) is 15.0. The average molecular weight is 297 g/mol. The fourth-order valence-corrected chi connectivity index (χ4v) is 3.38. The Morgan fingerprint density at radius 2 is 2.20 bits per heavy atom. The molecule has 0 saturated heterocycles. The lowest BCUT2D eigenvalue weighted by atomic mass is 10.2. The quantitative estimate of drug-likeness (QED) is 0.813. The van der Waals surface area contributed by atoms with Crippen LogP contribution in [-0.2, 0) is 21.2 Å². The van der Waals surface area contributed by atoms with Crippen LogP contribution in [0.25, 0.3) is 0 Å². The van der Waals surface area contributed by atoms with Crippen LogP contribution in [0.2, 0.25) is 0 Å². The van der Waals surface area contributed by atoms with Crippen LogP contribution < -0.4 is 15.4 Å². The van der Waals surface area contributed by atoms with Crippen molar-refractivity contribution >= 4 is 21.6 Å². The Labute approximate surface area is 119 Å². The lowest BCUT2D eigenvalue weighted by Gasteiger charge is -2.17. The van der Waals surface area contributed by atoms with Gasteiger partial charge in [-0.2, -0.15) is 0 Å². The predicted molar refractivity (Wildman–Crippen MR) is 77.0 cm³/mol. The van der Waals surface area contributed by atoms with E-state index in [4.69, 9.17) is 5.73 Å². The van der Waals surface area contributed by atoms with Crippen LogP contribution in [0.5, 0.6) is 0 Å². The van der Waals surface area contributed by atoms with E-state index >= 15 is 0 Å². The van der Waals surface area contributed by atoms with Crippen LogP contribution in [-0.4, -0.2) is 34.0 Å². The third kappa shape index (κ3) is 2.84. The normalized spacial score (nSPS) is 14.4. The summed E-state index contributed by atoms with van der Waals surface area (Å²) < 4.78 is 26.4. The molecule has 0 aliphatic carbocycles. The van der Waals surface area contributed by atoms with E-state index in [0.717, 1.165) is 12.0 Å². The molecule has 6 nitrogen and oxygen atoms in total. The molecule has 0 fully saturated rings. The molecule has 20 heavy (non-hydrogen) atoms. The van der Waals surface area contributed by atoms with Gasteiger partial charge in [-0.05, 0) is 24.1 Å². The van der Waals surface area contributed by atoms with E-state index in [-0.39, 0.29) is 17.2 Å². The smallest absolute Gasteiger partial charge is 0.240 e. The second kappa shape index (κ2) is 5.90. The summed E-state index contributed by atoms with van der Waals surface area (Å²) in [5.41, 5.74) is 7.08. The molecule has 1 aliphatic rings. The van der Waals surface area contributed by atoms with Gasteiger partial charge in [0.25, 0.3) is 0 Å². The molecule has 1 heterocycles. The Kier molecular flexibility index (Phi) is 4.42. The van der Waals surface area contributed by atoms with Gasteiger partial charge in [0.2, 0.25) is 15.9 Å². The van der Waals surface area contributed by atoms with Gasteiger partial charge in [0.05, 0.1) is 4.90 Å². The maximum absolute atomic E-state index is 12.0. The van der Waals surface area contributed by atoms with Gasteiger partial charge in [-0.25, -0.2) is 13.1 Å². The maximum atomic E-state index is 12.0. The first-order chi connectivity index (χ1) is 9.49. The van der Waals surface area contributed by atoms with Crippen LogP contribution in [0, 0.1) is 0 Å². The van der Waals surface area contributed by atoms with Crippen molar-refractivity contribution in [3.63, 3.8) is 0 Å². The SMILES string of the molecule is CCNS(=O)(=O)c1ccc2c(c1)N(C(=O)CCN)CC2. The molecular weight excluding hydrogens is 278 g/mol. The lowest BCUT2D eigenvalue weighted by molar-refractivity contribution is -0.118. The van der Waals surface area contributed by atoms with Crippen molar-refractivity contribution in [1.29, 1.82) is 0 Å². The van der Waals surface area contributed by atoms with Gasteiger partial charge in [-0.15, -0.1) is 0 Å². The van der Waals surface area contributed by atoms with E-state index in [0.29, 0.717) is 25.3 Å². The second-order valence-corrected chi connectivity index (χ2v) is 6.39. The standard InChI is InChI=1S/C13H19N3O3S/c1-2-15-20(18,19)11-4-3-10-6-8-16(12(10)9-11)13(17)5-7-14/h3-4,9,15H,2,5-8,14H2,1H3. The fraction of sp³-hybridized carbons (Fsp3) is 0.462. The molecule has 0 bridgehead atoms. The molecule has 2 rings (SSSR count). The molecule has 1 amide bonds. The van der Waals surface area contributed by atoms with E-state index in [1.54, 1.807) is 30.0 Å². The highest BCUT2D eigenvalue weighted by Gasteiger charge is 2.26. The number of hydrogen-bond acceptors (Lipinski definition) is 4. The first-order valence-electron chi connectivity index (χ1n) is 6.62. The molecule has 7 heteroatoms. The molecule has 110 valence electrons. The van der Waals surface area contributed by atoms with Crippen LogP contribution in [0.1, 0.15) is 18.9 Å². The van der Waals surface area contributed by atoms with Gasteiger partial charge < -0.3 is 10.6 Å². The minimum Gasteiger partial charge on any atom is -0.330 e. The highest BCUT2D eigenvalue weighted by atomic mass is 32.2. The van der Waals surface area contributed by atoms with E-state index in [1.165, 1.54) is 0 Å².